The first-order valence-corrected chi connectivity index (χ1v) is 11.2. The highest BCUT2D eigenvalue weighted by atomic mass is 35.5. The van der Waals surface area contributed by atoms with Gasteiger partial charge in [-0.25, -0.2) is 4.98 Å². The summed E-state index contributed by atoms with van der Waals surface area (Å²) < 4.78 is 42.1. The molecular weight excluding hydrogens is 439 g/mol. The third-order valence-corrected chi connectivity index (χ3v) is 6.33. The van der Waals surface area contributed by atoms with Crippen molar-refractivity contribution in [3.8, 4) is 0 Å². The lowest BCUT2D eigenvalue weighted by atomic mass is 10.0. The number of nitrogen functional groups attached to an aromatic ring is 1. The third kappa shape index (κ3) is 4.87. The summed E-state index contributed by atoms with van der Waals surface area (Å²) in [6.07, 6.45) is -0.983. The number of hydrogen-bond acceptors (Lipinski definition) is 4. The maximum Gasteiger partial charge on any atom is 0.418 e. The summed E-state index contributed by atoms with van der Waals surface area (Å²) in [5, 5.41) is -0.124. The molecule has 2 heterocycles. The average Bonchev–Trinajstić information content (AvgIpc) is 3.38. The largest absolute Gasteiger partial charge is 0.418 e. The zero-order chi connectivity index (χ0) is 22.9. The fourth-order valence-electron chi connectivity index (χ4n) is 4.44. The van der Waals surface area contributed by atoms with Gasteiger partial charge in [0.05, 0.1) is 33.3 Å². The molecule has 5 nitrogen and oxygen atoms in total. The molecule has 0 saturated carbocycles. The Morgan fingerprint density at radius 1 is 1.09 bits per heavy atom. The second kappa shape index (κ2) is 9.29. The van der Waals surface area contributed by atoms with E-state index in [1.54, 1.807) is 0 Å². The van der Waals surface area contributed by atoms with Gasteiger partial charge in [0.1, 0.15) is 5.82 Å². The van der Waals surface area contributed by atoms with Crippen molar-refractivity contribution in [2.75, 3.05) is 25.4 Å². The highest BCUT2D eigenvalue weighted by molar-refractivity contribution is 6.33. The van der Waals surface area contributed by atoms with E-state index in [2.05, 4.69) is 9.47 Å². The van der Waals surface area contributed by atoms with Crippen LogP contribution in [0.15, 0.2) is 36.4 Å². The van der Waals surface area contributed by atoms with Gasteiger partial charge in [-0.3, -0.25) is 0 Å². The summed E-state index contributed by atoms with van der Waals surface area (Å²) in [6.45, 7) is 4.02. The van der Waals surface area contributed by atoms with Crippen LogP contribution in [0.4, 0.5) is 18.9 Å². The first-order chi connectivity index (χ1) is 15.2. The number of hydrogen-bond donors (Lipinski definition) is 2. The number of nitrogens with two attached hydrogens (primary N) is 2. The molecule has 4 rings (SSSR count). The Morgan fingerprint density at radius 3 is 2.53 bits per heavy atom. The zero-order valence-corrected chi connectivity index (χ0v) is 18.5. The summed E-state index contributed by atoms with van der Waals surface area (Å²) >= 11 is 5.99. The number of para-hydroxylation sites is 2. The van der Waals surface area contributed by atoms with E-state index in [0.717, 1.165) is 49.7 Å². The number of aromatic nitrogens is 2. The molecule has 1 saturated heterocycles. The fraction of sp³-hybridized carbons (Fsp3) is 0.435. The summed E-state index contributed by atoms with van der Waals surface area (Å²) in [5.74, 6) is 0.661. The highest BCUT2D eigenvalue weighted by Gasteiger charge is 2.34. The van der Waals surface area contributed by atoms with Gasteiger partial charge in [-0.2, -0.15) is 13.2 Å². The van der Waals surface area contributed by atoms with Crippen molar-refractivity contribution in [2.24, 2.45) is 5.73 Å². The normalized spacial score (nSPS) is 16.2. The van der Waals surface area contributed by atoms with E-state index in [9.17, 15) is 13.2 Å². The standard InChI is InChI=1S/C23H27ClF3N5/c24-17-13-15(12-16(21(17)29)23(25,26)27)14-18(28)22-30-19-6-1-2-7-20(19)32(22)11-5-10-31-8-3-4-9-31/h1-2,6-7,12-13,18H,3-5,8-11,14,28-29H2. The molecule has 1 atom stereocenters. The monoisotopic (exact) mass is 465 g/mol. The molecule has 32 heavy (non-hydrogen) atoms. The number of imidazole rings is 1. The SMILES string of the molecule is Nc1c(Cl)cc(CC(N)c2nc3ccccc3n2CCCN2CCCC2)cc1C(F)(F)F. The van der Waals surface area contributed by atoms with Crippen LogP contribution in [0.2, 0.25) is 5.02 Å². The number of alkyl halides is 3. The number of rotatable bonds is 7. The molecule has 1 aliphatic rings. The van der Waals surface area contributed by atoms with Gasteiger partial charge in [0, 0.05) is 6.54 Å². The van der Waals surface area contributed by atoms with Crippen molar-refractivity contribution in [3.63, 3.8) is 0 Å². The maximum atomic E-state index is 13.3. The second-order valence-electron chi connectivity index (χ2n) is 8.36. The molecule has 172 valence electrons. The number of likely N-dealkylation sites (tertiary alicyclic amines) is 1. The molecule has 1 aromatic heterocycles. The van der Waals surface area contributed by atoms with Crippen molar-refractivity contribution in [1.82, 2.24) is 14.5 Å². The lowest BCUT2D eigenvalue weighted by Crippen LogP contribution is -2.23. The third-order valence-electron chi connectivity index (χ3n) is 6.02. The van der Waals surface area contributed by atoms with E-state index in [-0.39, 0.29) is 11.4 Å². The maximum absolute atomic E-state index is 13.3. The molecule has 4 N–H and O–H groups in total. The number of fused-ring (bicyclic) bond motifs is 1. The first kappa shape index (κ1) is 22.9. The van der Waals surface area contributed by atoms with Crippen molar-refractivity contribution < 1.29 is 13.2 Å². The van der Waals surface area contributed by atoms with Crippen LogP contribution in [-0.4, -0.2) is 34.1 Å². The molecule has 0 spiro atoms. The summed E-state index contributed by atoms with van der Waals surface area (Å²) in [7, 11) is 0. The van der Waals surface area contributed by atoms with Crippen molar-refractivity contribution in [3.05, 3.63) is 58.4 Å². The molecule has 0 amide bonds. The average molecular weight is 466 g/mol. The van der Waals surface area contributed by atoms with E-state index >= 15 is 0 Å². The Bertz CT molecular complexity index is 1090. The molecular formula is C23H27ClF3N5. The molecule has 2 aromatic carbocycles. The van der Waals surface area contributed by atoms with Crippen LogP contribution < -0.4 is 11.5 Å². The van der Waals surface area contributed by atoms with E-state index in [1.165, 1.54) is 18.9 Å². The van der Waals surface area contributed by atoms with Gasteiger partial charge in [0.15, 0.2) is 0 Å². The van der Waals surface area contributed by atoms with Gasteiger partial charge in [0.2, 0.25) is 0 Å². The molecule has 0 aliphatic carbocycles. The number of anilines is 1. The van der Waals surface area contributed by atoms with Gasteiger partial charge < -0.3 is 20.9 Å². The minimum atomic E-state index is -4.59. The van der Waals surface area contributed by atoms with E-state index in [1.807, 2.05) is 24.3 Å². The summed E-state index contributed by atoms with van der Waals surface area (Å²) in [4.78, 5) is 7.17. The van der Waals surface area contributed by atoms with Crippen LogP contribution in [-0.2, 0) is 19.1 Å². The molecule has 1 unspecified atom stereocenters. The first-order valence-electron chi connectivity index (χ1n) is 10.8. The summed E-state index contributed by atoms with van der Waals surface area (Å²) in [5.41, 5.74) is 12.8. The van der Waals surface area contributed by atoms with Gasteiger partial charge in [-0.15, -0.1) is 0 Å². The Balaban J connectivity index is 1.59. The quantitative estimate of drug-likeness (QED) is 0.480. The van der Waals surface area contributed by atoms with E-state index in [0.29, 0.717) is 11.4 Å². The highest BCUT2D eigenvalue weighted by Crippen LogP contribution is 2.38. The van der Waals surface area contributed by atoms with Crippen LogP contribution in [0.5, 0.6) is 0 Å². The van der Waals surface area contributed by atoms with Crippen LogP contribution >= 0.6 is 11.6 Å². The van der Waals surface area contributed by atoms with Crippen LogP contribution in [0.25, 0.3) is 11.0 Å². The number of halogens is 4. The molecule has 9 heteroatoms. The second-order valence-corrected chi connectivity index (χ2v) is 8.77. The zero-order valence-electron chi connectivity index (χ0n) is 17.7. The number of nitrogens with zero attached hydrogens (tertiary/aromatic N) is 3. The lowest BCUT2D eigenvalue weighted by Gasteiger charge is -2.19. The number of benzene rings is 2. The predicted octanol–water partition coefficient (Wildman–Crippen LogP) is 5.02. The Kier molecular flexibility index (Phi) is 6.65. The van der Waals surface area contributed by atoms with Crippen molar-refractivity contribution >= 4 is 28.3 Å². The Labute approximate surface area is 190 Å². The molecule has 1 fully saturated rings. The Morgan fingerprint density at radius 2 is 1.81 bits per heavy atom. The Hall–Kier alpha value is -2.29. The minimum Gasteiger partial charge on any atom is -0.397 e. The molecule has 3 aromatic rings. The minimum absolute atomic E-state index is 0.124. The van der Waals surface area contributed by atoms with Crippen LogP contribution in [0.3, 0.4) is 0 Å². The fourth-order valence-corrected chi connectivity index (χ4v) is 4.68. The van der Waals surface area contributed by atoms with Crippen LogP contribution in [0.1, 0.15) is 42.3 Å². The van der Waals surface area contributed by atoms with Crippen LogP contribution in [0, 0.1) is 0 Å². The topological polar surface area (TPSA) is 73.1 Å². The van der Waals surface area contributed by atoms with Gasteiger partial charge >= 0.3 is 6.18 Å². The molecule has 1 aliphatic heterocycles. The van der Waals surface area contributed by atoms with Gasteiger partial charge in [-0.1, -0.05) is 23.7 Å². The van der Waals surface area contributed by atoms with E-state index in [4.69, 9.17) is 28.1 Å². The molecule has 0 bridgehead atoms. The van der Waals surface area contributed by atoms with Gasteiger partial charge in [0.25, 0.3) is 0 Å². The number of aryl methyl sites for hydroxylation is 1. The predicted molar refractivity (Wildman–Crippen MR) is 122 cm³/mol. The van der Waals surface area contributed by atoms with Crippen molar-refractivity contribution in [2.45, 2.75) is 44.4 Å². The smallest absolute Gasteiger partial charge is 0.397 e. The van der Waals surface area contributed by atoms with E-state index < -0.39 is 23.5 Å². The molecule has 0 radical (unpaired) electrons. The van der Waals surface area contributed by atoms with Gasteiger partial charge in [-0.05, 0) is 75.1 Å². The lowest BCUT2D eigenvalue weighted by molar-refractivity contribution is -0.136. The summed E-state index contributed by atoms with van der Waals surface area (Å²) in [6, 6.07) is 9.67. The van der Waals surface area contributed by atoms with Crippen molar-refractivity contribution in [1.29, 1.82) is 0 Å².